The SMILES string of the molecule is Cc1cc2c(cc3c(=O)n(CCCC(=O)N[C@@H]4CCC[C@@H](C)[C@@H]4C)nc(C)n32)o1. The zero-order chi connectivity index (χ0) is 20.7. The predicted octanol–water partition coefficient (Wildman–Crippen LogP) is 3.58. The van der Waals surface area contributed by atoms with E-state index in [4.69, 9.17) is 4.42 Å². The van der Waals surface area contributed by atoms with Crippen molar-refractivity contribution in [3.63, 3.8) is 0 Å². The Bertz CT molecular complexity index is 1110. The summed E-state index contributed by atoms with van der Waals surface area (Å²) < 4.78 is 8.96. The molecule has 1 amide bonds. The van der Waals surface area contributed by atoms with Gasteiger partial charge in [-0.05, 0) is 38.5 Å². The third kappa shape index (κ3) is 3.70. The molecular weight excluding hydrogens is 368 g/mol. The molecule has 3 aromatic heterocycles. The van der Waals surface area contributed by atoms with Gasteiger partial charge in [-0.1, -0.05) is 26.7 Å². The van der Waals surface area contributed by atoms with Crippen molar-refractivity contribution >= 4 is 22.5 Å². The molecule has 29 heavy (non-hydrogen) atoms. The molecule has 1 fully saturated rings. The highest BCUT2D eigenvalue weighted by Gasteiger charge is 2.27. The molecule has 0 spiro atoms. The molecule has 0 bridgehead atoms. The van der Waals surface area contributed by atoms with Crippen LogP contribution >= 0.6 is 0 Å². The van der Waals surface area contributed by atoms with Gasteiger partial charge in [0, 0.05) is 31.1 Å². The monoisotopic (exact) mass is 398 g/mol. The molecule has 0 aromatic carbocycles. The molecule has 7 heteroatoms. The van der Waals surface area contributed by atoms with Gasteiger partial charge >= 0.3 is 0 Å². The Kier molecular flexibility index (Phi) is 5.23. The molecule has 0 unspecified atom stereocenters. The zero-order valence-electron chi connectivity index (χ0n) is 17.7. The summed E-state index contributed by atoms with van der Waals surface area (Å²) in [6.45, 7) is 8.68. The van der Waals surface area contributed by atoms with E-state index in [2.05, 4.69) is 24.3 Å². The number of fused-ring (bicyclic) bond motifs is 3. The number of aryl methyl sites for hydroxylation is 3. The summed E-state index contributed by atoms with van der Waals surface area (Å²) >= 11 is 0. The molecule has 1 N–H and O–H groups in total. The summed E-state index contributed by atoms with van der Waals surface area (Å²) in [6, 6.07) is 3.96. The van der Waals surface area contributed by atoms with Gasteiger partial charge in [-0.15, -0.1) is 0 Å². The first-order valence-electron chi connectivity index (χ1n) is 10.6. The lowest BCUT2D eigenvalue weighted by atomic mass is 9.78. The van der Waals surface area contributed by atoms with Crippen molar-refractivity contribution in [2.75, 3.05) is 0 Å². The minimum absolute atomic E-state index is 0.0671. The number of furan rings is 1. The molecule has 0 saturated heterocycles. The summed E-state index contributed by atoms with van der Waals surface area (Å²) in [5.41, 5.74) is 1.95. The Morgan fingerprint density at radius 1 is 1.24 bits per heavy atom. The van der Waals surface area contributed by atoms with Crippen LogP contribution in [0.2, 0.25) is 0 Å². The van der Waals surface area contributed by atoms with E-state index in [0.29, 0.717) is 42.3 Å². The smallest absolute Gasteiger partial charge is 0.291 e. The number of hydrogen-bond acceptors (Lipinski definition) is 4. The molecular formula is C22H30N4O3. The van der Waals surface area contributed by atoms with Crippen molar-refractivity contribution in [3.05, 3.63) is 34.1 Å². The Morgan fingerprint density at radius 3 is 2.83 bits per heavy atom. The van der Waals surface area contributed by atoms with Gasteiger partial charge in [0.05, 0.1) is 5.52 Å². The molecule has 1 saturated carbocycles. The van der Waals surface area contributed by atoms with Gasteiger partial charge in [-0.2, -0.15) is 5.10 Å². The molecule has 1 aliphatic carbocycles. The van der Waals surface area contributed by atoms with Crippen LogP contribution in [0.25, 0.3) is 16.6 Å². The maximum absolute atomic E-state index is 12.8. The third-order valence-corrected chi connectivity index (χ3v) is 6.48. The summed E-state index contributed by atoms with van der Waals surface area (Å²) in [4.78, 5) is 25.2. The highest BCUT2D eigenvalue weighted by molar-refractivity contribution is 5.83. The van der Waals surface area contributed by atoms with E-state index >= 15 is 0 Å². The van der Waals surface area contributed by atoms with Gasteiger partial charge in [0.25, 0.3) is 5.56 Å². The number of nitrogens with one attached hydrogen (secondary N) is 1. The minimum Gasteiger partial charge on any atom is -0.460 e. The van der Waals surface area contributed by atoms with Crippen LogP contribution in [-0.4, -0.2) is 26.1 Å². The number of nitrogens with zero attached hydrogens (tertiary/aromatic N) is 3. The van der Waals surface area contributed by atoms with Crippen LogP contribution in [0.5, 0.6) is 0 Å². The molecule has 1 aliphatic rings. The summed E-state index contributed by atoms with van der Waals surface area (Å²) in [6.07, 6.45) is 4.46. The van der Waals surface area contributed by atoms with E-state index in [1.807, 2.05) is 24.3 Å². The average molecular weight is 399 g/mol. The lowest BCUT2D eigenvalue weighted by Gasteiger charge is -2.34. The van der Waals surface area contributed by atoms with Gasteiger partial charge in [0.15, 0.2) is 5.58 Å². The number of hydrogen-bond donors (Lipinski definition) is 1. The van der Waals surface area contributed by atoms with E-state index in [9.17, 15) is 9.59 Å². The fourth-order valence-electron chi connectivity index (χ4n) is 4.62. The average Bonchev–Trinajstić information content (AvgIpc) is 3.19. The normalized spacial score (nSPS) is 22.4. The van der Waals surface area contributed by atoms with Crippen LogP contribution in [0.4, 0.5) is 0 Å². The van der Waals surface area contributed by atoms with Crippen LogP contribution < -0.4 is 10.9 Å². The fraction of sp³-hybridized carbons (Fsp3) is 0.591. The van der Waals surface area contributed by atoms with Gasteiger partial charge in [-0.25, -0.2) is 4.68 Å². The number of carbonyl (C=O) groups excluding carboxylic acids is 1. The minimum atomic E-state index is -0.158. The second-order valence-corrected chi connectivity index (χ2v) is 8.59. The van der Waals surface area contributed by atoms with E-state index in [0.717, 1.165) is 23.5 Å². The Labute approximate surface area is 170 Å². The Morgan fingerprint density at radius 2 is 2.03 bits per heavy atom. The zero-order valence-corrected chi connectivity index (χ0v) is 17.7. The number of carbonyl (C=O) groups is 1. The first-order valence-corrected chi connectivity index (χ1v) is 10.6. The Balaban J connectivity index is 1.42. The maximum Gasteiger partial charge on any atom is 0.291 e. The molecule has 4 rings (SSSR count). The molecule has 3 aromatic rings. The van der Waals surface area contributed by atoms with Crippen LogP contribution in [0.15, 0.2) is 21.3 Å². The Hall–Kier alpha value is -2.57. The van der Waals surface area contributed by atoms with Gasteiger partial charge in [0.1, 0.15) is 17.1 Å². The maximum atomic E-state index is 12.8. The number of aromatic nitrogens is 3. The van der Waals surface area contributed by atoms with E-state index in [1.54, 1.807) is 6.07 Å². The number of amides is 1. The van der Waals surface area contributed by atoms with Crippen LogP contribution in [0.3, 0.4) is 0 Å². The van der Waals surface area contributed by atoms with Gasteiger partial charge in [0.2, 0.25) is 5.91 Å². The van der Waals surface area contributed by atoms with Crippen LogP contribution in [-0.2, 0) is 11.3 Å². The first-order chi connectivity index (χ1) is 13.8. The van der Waals surface area contributed by atoms with Crippen molar-refractivity contribution in [1.29, 1.82) is 0 Å². The van der Waals surface area contributed by atoms with Crippen molar-refractivity contribution < 1.29 is 9.21 Å². The molecule has 156 valence electrons. The van der Waals surface area contributed by atoms with Gasteiger partial charge < -0.3 is 9.73 Å². The highest BCUT2D eigenvalue weighted by atomic mass is 16.3. The summed E-state index contributed by atoms with van der Waals surface area (Å²) in [7, 11) is 0. The summed E-state index contributed by atoms with van der Waals surface area (Å²) in [5.74, 6) is 2.76. The van der Waals surface area contributed by atoms with Crippen LogP contribution in [0, 0.1) is 25.7 Å². The molecule has 3 atom stereocenters. The van der Waals surface area contributed by atoms with E-state index in [-0.39, 0.29) is 17.5 Å². The third-order valence-electron chi connectivity index (χ3n) is 6.48. The molecule has 0 aliphatic heterocycles. The fourth-order valence-corrected chi connectivity index (χ4v) is 4.62. The lowest BCUT2D eigenvalue weighted by Crippen LogP contribution is -2.43. The van der Waals surface area contributed by atoms with Crippen molar-refractivity contribution in [2.24, 2.45) is 11.8 Å². The van der Waals surface area contributed by atoms with Crippen molar-refractivity contribution in [1.82, 2.24) is 19.5 Å². The molecule has 0 radical (unpaired) electrons. The van der Waals surface area contributed by atoms with Crippen LogP contribution in [0.1, 0.15) is 57.5 Å². The standard InChI is InChI=1S/C22H30N4O3/c1-13-7-5-8-17(15(13)3)23-21(27)9-6-10-25-22(28)19-12-20-18(11-14(2)29-20)26(19)16(4)24-25/h11-13,15,17H,5-10H2,1-4H3,(H,23,27)/t13-,15+,17-/m1/s1. The topological polar surface area (TPSA) is 81.5 Å². The second-order valence-electron chi connectivity index (χ2n) is 8.59. The second kappa shape index (κ2) is 7.69. The molecule has 3 heterocycles. The number of rotatable bonds is 5. The van der Waals surface area contributed by atoms with Gasteiger partial charge in [-0.3, -0.25) is 14.0 Å². The van der Waals surface area contributed by atoms with Crippen molar-refractivity contribution in [3.8, 4) is 0 Å². The van der Waals surface area contributed by atoms with Crippen molar-refractivity contribution in [2.45, 2.75) is 72.4 Å². The largest absolute Gasteiger partial charge is 0.460 e. The quantitative estimate of drug-likeness (QED) is 0.712. The van der Waals surface area contributed by atoms with E-state index in [1.165, 1.54) is 17.5 Å². The molecule has 7 nitrogen and oxygen atoms in total. The van der Waals surface area contributed by atoms with E-state index < -0.39 is 0 Å². The summed E-state index contributed by atoms with van der Waals surface area (Å²) in [5, 5.41) is 7.66. The lowest BCUT2D eigenvalue weighted by molar-refractivity contribution is -0.122. The first kappa shape index (κ1) is 19.7. The predicted molar refractivity (Wildman–Crippen MR) is 112 cm³/mol. The highest BCUT2D eigenvalue weighted by Crippen LogP contribution is 2.29.